The molecular weight excluding hydrogens is 370 g/mol. The molecule has 1 N–H and O–H groups in total. The van der Waals surface area contributed by atoms with E-state index in [0.29, 0.717) is 12.6 Å². The van der Waals surface area contributed by atoms with E-state index in [-0.39, 0.29) is 6.10 Å². The second kappa shape index (κ2) is 13.3. The predicted octanol–water partition coefficient (Wildman–Crippen LogP) is 2.95. The highest BCUT2D eigenvalue weighted by molar-refractivity contribution is 5.80. The Hall–Kier alpha value is -1.99. The fraction of sp³-hybridized carbons (Fsp3) is 0.682. The zero-order valence-electron chi connectivity index (χ0n) is 18.4. The number of methoxy groups -OCH3 is 2. The molecule has 0 radical (unpaired) electrons. The van der Waals surface area contributed by atoms with Crippen molar-refractivity contribution < 1.29 is 18.9 Å². The number of aliphatic imine (C=N–C) groups is 1. The van der Waals surface area contributed by atoms with Gasteiger partial charge in [-0.1, -0.05) is 0 Å². The highest BCUT2D eigenvalue weighted by Gasteiger charge is 2.22. The van der Waals surface area contributed by atoms with Crippen LogP contribution in [-0.4, -0.2) is 76.7 Å². The molecule has 1 unspecified atom stereocenters. The maximum Gasteiger partial charge on any atom is 0.194 e. The van der Waals surface area contributed by atoms with Crippen LogP contribution in [0.2, 0.25) is 0 Å². The minimum Gasteiger partial charge on any atom is -0.497 e. The van der Waals surface area contributed by atoms with Crippen molar-refractivity contribution in [2.45, 2.75) is 45.3 Å². The van der Waals surface area contributed by atoms with Crippen molar-refractivity contribution in [1.29, 1.82) is 0 Å². The Labute approximate surface area is 175 Å². The Balaban J connectivity index is 1.79. The molecule has 1 aliphatic heterocycles. The highest BCUT2D eigenvalue weighted by Crippen LogP contribution is 2.18. The molecule has 0 amide bonds. The minimum absolute atomic E-state index is 0.0151. The van der Waals surface area contributed by atoms with Crippen LogP contribution in [0.15, 0.2) is 29.3 Å². The van der Waals surface area contributed by atoms with Gasteiger partial charge in [-0.3, -0.25) is 0 Å². The number of nitrogens with one attached hydrogen (secondary N) is 1. The van der Waals surface area contributed by atoms with Crippen LogP contribution < -0.4 is 14.8 Å². The van der Waals surface area contributed by atoms with E-state index >= 15 is 0 Å². The van der Waals surface area contributed by atoms with E-state index in [1.807, 2.05) is 31.2 Å². The number of hydrogen-bond donors (Lipinski definition) is 1. The van der Waals surface area contributed by atoms with Gasteiger partial charge in [0.05, 0.1) is 19.8 Å². The van der Waals surface area contributed by atoms with Crippen LogP contribution in [0.25, 0.3) is 0 Å². The maximum atomic E-state index is 5.97. The lowest BCUT2D eigenvalue weighted by molar-refractivity contribution is 0.00988. The lowest BCUT2D eigenvalue weighted by Crippen LogP contribution is -2.47. The molecule has 2 rings (SSSR count). The number of ether oxygens (including phenoxy) is 4. The normalized spacial score (nSPS) is 16.6. The lowest BCUT2D eigenvalue weighted by atomic mass is 10.1. The van der Waals surface area contributed by atoms with E-state index in [1.165, 1.54) is 0 Å². The summed E-state index contributed by atoms with van der Waals surface area (Å²) in [5.41, 5.74) is 0. The topological polar surface area (TPSA) is 64.6 Å². The number of guanidine groups is 1. The van der Waals surface area contributed by atoms with Gasteiger partial charge in [-0.15, -0.1) is 0 Å². The van der Waals surface area contributed by atoms with Gasteiger partial charge in [0.15, 0.2) is 5.96 Å². The van der Waals surface area contributed by atoms with E-state index < -0.39 is 0 Å². The van der Waals surface area contributed by atoms with E-state index in [1.54, 1.807) is 14.2 Å². The van der Waals surface area contributed by atoms with Gasteiger partial charge in [0.2, 0.25) is 0 Å². The number of benzene rings is 1. The molecule has 0 saturated carbocycles. The molecule has 0 aliphatic carbocycles. The van der Waals surface area contributed by atoms with Crippen LogP contribution in [0.1, 0.15) is 33.1 Å². The van der Waals surface area contributed by atoms with Gasteiger partial charge in [-0.2, -0.15) is 0 Å². The summed E-state index contributed by atoms with van der Waals surface area (Å²) in [6.07, 6.45) is 3.32. The van der Waals surface area contributed by atoms with E-state index in [9.17, 15) is 0 Å². The van der Waals surface area contributed by atoms with Crippen LogP contribution in [-0.2, 0) is 9.47 Å². The third-order valence-electron chi connectivity index (χ3n) is 4.82. The van der Waals surface area contributed by atoms with Crippen molar-refractivity contribution in [2.75, 3.05) is 53.6 Å². The SMILES string of the molecule is CCNC(=NCC(C)Oc1ccc(OC)cc1)N1CCC(OCCCOC)CC1. The molecule has 7 heteroatoms. The minimum atomic E-state index is -0.0151. The molecule has 0 bridgehead atoms. The summed E-state index contributed by atoms with van der Waals surface area (Å²) in [5, 5.41) is 3.41. The van der Waals surface area contributed by atoms with Gasteiger partial charge in [0, 0.05) is 40.0 Å². The number of piperidine rings is 1. The smallest absolute Gasteiger partial charge is 0.194 e. The zero-order chi connectivity index (χ0) is 20.9. The van der Waals surface area contributed by atoms with Crippen LogP contribution in [0.4, 0.5) is 0 Å². The van der Waals surface area contributed by atoms with E-state index in [4.69, 9.17) is 23.9 Å². The molecule has 1 aromatic carbocycles. The fourth-order valence-corrected chi connectivity index (χ4v) is 3.25. The quantitative estimate of drug-likeness (QED) is 0.346. The first-order chi connectivity index (χ1) is 14.2. The first-order valence-electron chi connectivity index (χ1n) is 10.6. The molecule has 29 heavy (non-hydrogen) atoms. The molecule has 7 nitrogen and oxygen atoms in total. The Bertz CT molecular complexity index is 586. The average molecular weight is 408 g/mol. The van der Waals surface area contributed by atoms with Crippen molar-refractivity contribution in [1.82, 2.24) is 10.2 Å². The number of likely N-dealkylation sites (tertiary alicyclic amines) is 1. The zero-order valence-corrected chi connectivity index (χ0v) is 18.4. The van der Waals surface area contributed by atoms with Crippen LogP contribution in [0, 0.1) is 0 Å². The van der Waals surface area contributed by atoms with Gasteiger partial charge in [0.1, 0.15) is 17.6 Å². The van der Waals surface area contributed by atoms with Crippen molar-refractivity contribution in [3.8, 4) is 11.5 Å². The first-order valence-corrected chi connectivity index (χ1v) is 10.6. The Morgan fingerprint density at radius 3 is 2.45 bits per heavy atom. The molecule has 1 aromatic rings. The third kappa shape index (κ3) is 8.50. The monoisotopic (exact) mass is 407 g/mol. The van der Waals surface area contributed by atoms with E-state index in [2.05, 4.69) is 17.1 Å². The summed E-state index contributed by atoms with van der Waals surface area (Å²) < 4.78 is 22.2. The number of hydrogen-bond acceptors (Lipinski definition) is 5. The van der Waals surface area contributed by atoms with Crippen LogP contribution in [0.5, 0.6) is 11.5 Å². The Kier molecular flexibility index (Phi) is 10.7. The Morgan fingerprint density at radius 2 is 1.83 bits per heavy atom. The van der Waals surface area contributed by atoms with Gasteiger partial charge in [-0.05, 0) is 57.4 Å². The maximum absolute atomic E-state index is 5.97. The highest BCUT2D eigenvalue weighted by atomic mass is 16.5. The summed E-state index contributed by atoms with van der Waals surface area (Å²) in [4.78, 5) is 7.12. The molecule has 0 spiro atoms. The third-order valence-corrected chi connectivity index (χ3v) is 4.82. The molecule has 1 heterocycles. The van der Waals surface area contributed by atoms with Crippen molar-refractivity contribution in [3.63, 3.8) is 0 Å². The molecular formula is C22H37N3O4. The van der Waals surface area contributed by atoms with E-state index in [0.717, 1.165) is 69.6 Å². The van der Waals surface area contributed by atoms with Crippen LogP contribution >= 0.6 is 0 Å². The molecule has 1 atom stereocenters. The Morgan fingerprint density at radius 1 is 1.14 bits per heavy atom. The lowest BCUT2D eigenvalue weighted by Gasteiger charge is -2.34. The largest absolute Gasteiger partial charge is 0.497 e. The van der Waals surface area contributed by atoms with Crippen molar-refractivity contribution in [3.05, 3.63) is 24.3 Å². The van der Waals surface area contributed by atoms with Crippen LogP contribution in [0.3, 0.4) is 0 Å². The van der Waals surface area contributed by atoms with Crippen molar-refractivity contribution >= 4 is 5.96 Å². The molecule has 1 saturated heterocycles. The predicted molar refractivity (Wildman–Crippen MR) is 116 cm³/mol. The summed E-state index contributed by atoms with van der Waals surface area (Å²) in [6.45, 7) is 9.01. The summed E-state index contributed by atoms with van der Waals surface area (Å²) in [7, 11) is 3.38. The number of nitrogens with zero attached hydrogens (tertiary/aromatic N) is 2. The molecule has 1 fully saturated rings. The second-order valence-corrected chi connectivity index (χ2v) is 7.20. The second-order valence-electron chi connectivity index (χ2n) is 7.20. The molecule has 1 aliphatic rings. The molecule has 0 aromatic heterocycles. The summed E-state index contributed by atoms with van der Waals surface area (Å²) >= 11 is 0. The first kappa shape index (κ1) is 23.3. The molecule has 164 valence electrons. The summed E-state index contributed by atoms with van der Waals surface area (Å²) in [6, 6.07) is 7.64. The average Bonchev–Trinajstić information content (AvgIpc) is 2.75. The van der Waals surface area contributed by atoms with Gasteiger partial charge in [-0.25, -0.2) is 4.99 Å². The van der Waals surface area contributed by atoms with Crippen molar-refractivity contribution in [2.24, 2.45) is 4.99 Å². The standard InChI is InChI=1S/C22H37N3O4/c1-5-23-22(25-13-11-20(12-14-25)28-16-6-15-26-3)24-17-18(2)29-21-9-7-19(27-4)8-10-21/h7-10,18,20H,5-6,11-17H2,1-4H3,(H,23,24). The summed E-state index contributed by atoms with van der Waals surface area (Å²) in [5.74, 6) is 2.60. The van der Waals surface area contributed by atoms with Gasteiger partial charge in [0.25, 0.3) is 0 Å². The van der Waals surface area contributed by atoms with Gasteiger partial charge < -0.3 is 29.2 Å². The fourth-order valence-electron chi connectivity index (χ4n) is 3.25. The van der Waals surface area contributed by atoms with Gasteiger partial charge >= 0.3 is 0 Å². The number of rotatable bonds is 11.